The summed E-state index contributed by atoms with van der Waals surface area (Å²) in [6.45, 7) is 4.19. The summed E-state index contributed by atoms with van der Waals surface area (Å²) in [7, 11) is -3.72. The molecule has 0 amide bonds. The topological polar surface area (TPSA) is 72.2 Å². The van der Waals surface area contributed by atoms with Crippen molar-refractivity contribution in [2.45, 2.75) is 44.0 Å². The lowest BCUT2D eigenvalue weighted by atomic mass is 9.94. The Labute approximate surface area is 133 Å². The molecule has 3 N–H and O–H groups in total. The highest BCUT2D eigenvalue weighted by Crippen LogP contribution is 2.35. The molecule has 4 nitrogen and oxygen atoms in total. The minimum absolute atomic E-state index is 0.0199. The van der Waals surface area contributed by atoms with E-state index in [-0.39, 0.29) is 21.1 Å². The second-order valence-corrected chi connectivity index (χ2v) is 8.17. The van der Waals surface area contributed by atoms with Gasteiger partial charge in [-0.15, -0.1) is 0 Å². The lowest BCUT2D eigenvalue weighted by Crippen LogP contribution is -2.37. The molecule has 1 aliphatic rings. The molecule has 0 bridgehead atoms. The average Bonchev–Trinajstić information content (AvgIpc) is 2.74. The monoisotopic (exact) mass is 378 g/mol. The van der Waals surface area contributed by atoms with E-state index in [0.29, 0.717) is 11.8 Å². The van der Waals surface area contributed by atoms with Crippen LogP contribution in [-0.2, 0) is 10.0 Å². The highest BCUT2D eigenvalue weighted by Gasteiger charge is 2.35. The van der Waals surface area contributed by atoms with Gasteiger partial charge in [-0.3, -0.25) is 0 Å². The van der Waals surface area contributed by atoms with Crippen LogP contribution in [0.4, 0.5) is 10.1 Å². The molecule has 1 aromatic carbocycles. The van der Waals surface area contributed by atoms with E-state index in [9.17, 15) is 12.8 Å². The lowest BCUT2D eigenvalue weighted by Gasteiger charge is -2.21. The van der Waals surface area contributed by atoms with Gasteiger partial charge in [0, 0.05) is 10.5 Å². The number of nitrogens with one attached hydrogen (secondary N) is 1. The van der Waals surface area contributed by atoms with Crippen LogP contribution in [0.25, 0.3) is 0 Å². The maximum Gasteiger partial charge on any atom is 0.242 e. The van der Waals surface area contributed by atoms with Gasteiger partial charge < -0.3 is 5.73 Å². The maximum absolute atomic E-state index is 13.3. The Hall–Kier alpha value is -0.660. The molecule has 1 aromatic rings. The SMILES string of the molecule is CCC1CCC(NS(=O)(=O)c2cc(N)c(F)cc2Br)C1C. The fraction of sp³-hybridized carbons (Fsp3) is 0.571. The van der Waals surface area contributed by atoms with Crippen LogP contribution >= 0.6 is 15.9 Å². The highest BCUT2D eigenvalue weighted by molar-refractivity contribution is 9.10. The fourth-order valence-electron chi connectivity index (χ4n) is 3.00. The van der Waals surface area contributed by atoms with E-state index in [4.69, 9.17) is 5.73 Å². The van der Waals surface area contributed by atoms with Crippen LogP contribution in [0.3, 0.4) is 0 Å². The van der Waals surface area contributed by atoms with Gasteiger partial charge in [-0.2, -0.15) is 0 Å². The summed E-state index contributed by atoms with van der Waals surface area (Å²) in [4.78, 5) is -0.0199. The first-order valence-corrected chi connectivity index (χ1v) is 9.30. The zero-order valence-electron chi connectivity index (χ0n) is 12.1. The number of anilines is 1. The number of hydrogen-bond donors (Lipinski definition) is 2. The zero-order valence-corrected chi connectivity index (χ0v) is 14.5. The molecule has 0 aliphatic heterocycles. The lowest BCUT2D eigenvalue weighted by molar-refractivity contribution is 0.368. The molecule has 0 spiro atoms. The predicted octanol–water partition coefficient (Wildman–Crippen LogP) is 3.27. The molecule has 0 radical (unpaired) electrons. The first kappa shape index (κ1) is 16.7. The van der Waals surface area contributed by atoms with Gasteiger partial charge in [0.2, 0.25) is 10.0 Å². The summed E-state index contributed by atoms with van der Waals surface area (Å²) in [5.41, 5.74) is 5.30. The molecule has 1 aliphatic carbocycles. The molecule has 1 saturated carbocycles. The Morgan fingerprint density at radius 1 is 1.43 bits per heavy atom. The summed E-state index contributed by atoms with van der Waals surface area (Å²) in [5.74, 6) is 0.196. The summed E-state index contributed by atoms with van der Waals surface area (Å²) in [5, 5.41) is 0. The van der Waals surface area contributed by atoms with Crippen LogP contribution in [0.15, 0.2) is 21.5 Å². The van der Waals surface area contributed by atoms with Crippen molar-refractivity contribution in [3.8, 4) is 0 Å². The van der Waals surface area contributed by atoms with Crippen molar-refractivity contribution in [2.75, 3.05) is 5.73 Å². The van der Waals surface area contributed by atoms with E-state index in [1.165, 1.54) is 0 Å². The largest absolute Gasteiger partial charge is 0.396 e. The number of nitrogen functional groups attached to an aromatic ring is 1. The Morgan fingerprint density at radius 2 is 2.10 bits per heavy atom. The molecule has 2 rings (SSSR count). The van der Waals surface area contributed by atoms with Crippen LogP contribution in [-0.4, -0.2) is 14.5 Å². The van der Waals surface area contributed by atoms with Crippen LogP contribution in [0.5, 0.6) is 0 Å². The molecule has 21 heavy (non-hydrogen) atoms. The van der Waals surface area contributed by atoms with Gasteiger partial charge in [0.25, 0.3) is 0 Å². The normalized spacial score (nSPS) is 26.2. The standard InChI is InChI=1S/C14H20BrFN2O2S/c1-3-9-4-5-13(8(9)2)18-21(19,20)14-7-12(17)11(16)6-10(14)15/h6-9,13,18H,3-5,17H2,1-2H3. The number of hydrogen-bond acceptors (Lipinski definition) is 3. The van der Waals surface area contributed by atoms with E-state index in [0.717, 1.165) is 31.4 Å². The fourth-order valence-corrected chi connectivity index (χ4v) is 5.41. The van der Waals surface area contributed by atoms with Crippen LogP contribution < -0.4 is 10.5 Å². The summed E-state index contributed by atoms with van der Waals surface area (Å²) in [6, 6.07) is 2.15. The average molecular weight is 379 g/mol. The van der Waals surface area contributed by atoms with E-state index in [1.807, 2.05) is 0 Å². The van der Waals surface area contributed by atoms with Crippen molar-refractivity contribution in [1.29, 1.82) is 0 Å². The third kappa shape index (κ3) is 3.40. The van der Waals surface area contributed by atoms with Crippen molar-refractivity contribution in [2.24, 2.45) is 11.8 Å². The number of nitrogens with two attached hydrogens (primary N) is 1. The molecule has 7 heteroatoms. The molecule has 0 aromatic heterocycles. The number of benzene rings is 1. The summed E-state index contributed by atoms with van der Waals surface area (Å²) < 4.78 is 41.2. The van der Waals surface area contributed by atoms with Gasteiger partial charge in [-0.25, -0.2) is 17.5 Å². The molecule has 0 saturated heterocycles. The van der Waals surface area contributed by atoms with Crippen LogP contribution in [0.1, 0.15) is 33.1 Å². The zero-order chi connectivity index (χ0) is 15.8. The number of halogens is 2. The Morgan fingerprint density at radius 3 is 2.67 bits per heavy atom. The molecular weight excluding hydrogens is 359 g/mol. The molecule has 3 unspecified atom stereocenters. The minimum atomic E-state index is -3.72. The Bertz CT molecular complexity index is 636. The third-order valence-corrected chi connectivity index (χ3v) is 6.85. The minimum Gasteiger partial charge on any atom is -0.396 e. The smallest absolute Gasteiger partial charge is 0.242 e. The van der Waals surface area contributed by atoms with Gasteiger partial charge in [-0.05, 0) is 52.7 Å². The molecule has 1 fully saturated rings. The quantitative estimate of drug-likeness (QED) is 0.789. The predicted molar refractivity (Wildman–Crippen MR) is 84.8 cm³/mol. The van der Waals surface area contributed by atoms with Gasteiger partial charge in [0.15, 0.2) is 0 Å². The summed E-state index contributed by atoms with van der Waals surface area (Å²) in [6.07, 6.45) is 2.90. The number of sulfonamides is 1. The van der Waals surface area contributed by atoms with Crippen molar-refractivity contribution >= 4 is 31.6 Å². The molecule has 118 valence electrons. The van der Waals surface area contributed by atoms with Crippen molar-refractivity contribution in [3.63, 3.8) is 0 Å². The van der Waals surface area contributed by atoms with Gasteiger partial charge in [0.1, 0.15) is 5.82 Å². The Kier molecular flexibility index (Phi) is 4.95. The van der Waals surface area contributed by atoms with Gasteiger partial charge in [-0.1, -0.05) is 20.3 Å². The first-order chi connectivity index (χ1) is 9.76. The second kappa shape index (κ2) is 6.22. The second-order valence-electron chi connectivity index (χ2n) is 5.64. The number of rotatable bonds is 4. The highest BCUT2D eigenvalue weighted by atomic mass is 79.9. The van der Waals surface area contributed by atoms with Crippen LogP contribution in [0.2, 0.25) is 0 Å². The summed E-state index contributed by atoms with van der Waals surface area (Å²) >= 11 is 3.09. The third-order valence-electron chi connectivity index (χ3n) is 4.40. The van der Waals surface area contributed by atoms with Crippen LogP contribution in [0, 0.1) is 17.7 Å². The van der Waals surface area contributed by atoms with Gasteiger partial charge in [0.05, 0.1) is 10.6 Å². The van der Waals surface area contributed by atoms with Crippen molar-refractivity contribution in [3.05, 3.63) is 22.4 Å². The maximum atomic E-state index is 13.3. The van der Waals surface area contributed by atoms with E-state index in [1.54, 1.807) is 0 Å². The van der Waals surface area contributed by atoms with E-state index < -0.39 is 15.8 Å². The molecule has 3 atom stereocenters. The van der Waals surface area contributed by atoms with E-state index in [2.05, 4.69) is 34.5 Å². The van der Waals surface area contributed by atoms with Gasteiger partial charge >= 0.3 is 0 Å². The van der Waals surface area contributed by atoms with E-state index >= 15 is 0 Å². The van der Waals surface area contributed by atoms with Crippen molar-refractivity contribution < 1.29 is 12.8 Å². The molecule has 0 heterocycles. The molecular formula is C14H20BrFN2O2S. The Balaban J connectivity index is 2.26. The first-order valence-electron chi connectivity index (χ1n) is 7.03. The van der Waals surface area contributed by atoms with Crippen molar-refractivity contribution in [1.82, 2.24) is 4.72 Å².